The number of H-pyrrole nitrogens is 1. The van der Waals surface area contributed by atoms with Crippen LogP contribution in [0, 0.1) is 12.7 Å². The van der Waals surface area contributed by atoms with Gasteiger partial charge >= 0.3 is 0 Å². The summed E-state index contributed by atoms with van der Waals surface area (Å²) in [4.78, 5) is 0. The minimum atomic E-state index is -0.222. The lowest BCUT2D eigenvalue weighted by Crippen LogP contribution is -2.21. The second kappa shape index (κ2) is 6.91. The molecule has 2 aromatic rings. The van der Waals surface area contributed by atoms with Crippen LogP contribution in [0.1, 0.15) is 35.7 Å². The monoisotopic (exact) mass is 311 g/mol. The third-order valence-electron chi connectivity index (χ3n) is 3.72. The number of nitrogens with one attached hydrogen (secondary N) is 2. The zero-order valence-electron chi connectivity index (χ0n) is 11.9. The number of aromatic amines is 1. The molecule has 1 aliphatic rings. The fourth-order valence-electron chi connectivity index (χ4n) is 2.55. The normalized spacial score (nSPS) is 17.3. The van der Waals surface area contributed by atoms with Gasteiger partial charge in [-0.2, -0.15) is 5.10 Å². The Morgan fingerprint density at radius 3 is 3.10 bits per heavy atom. The number of aromatic nitrogens is 2. The summed E-state index contributed by atoms with van der Waals surface area (Å²) in [7, 11) is 0. The second-order valence-electron chi connectivity index (χ2n) is 5.13. The van der Waals surface area contributed by atoms with E-state index in [-0.39, 0.29) is 24.3 Å². The van der Waals surface area contributed by atoms with Crippen LogP contribution in [-0.4, -0.2) is 16.8 Å². The average molecular weight is 312 g/mol. The van der Waals surface area contributed by atoms with Crippen molar-refractivity contribution in [2.45, 2.75) is 32.4 Å². The molecule has 0 radical (unpaired) electrons. The molecule has 0 bridgehead atoms. The van der Waals surface area contributed by atoms with Crippen molar-refractivity contribution < 1.29 is 9.13 Å². The van der Waals surface area contributed by atoms with Crippen molar-refractivity contribution in [2.24, 2.45) is 0 Å². The van der Waals surface area contributed by atoms with E-state index in [0.29, 0.717) is 13.2 Å². The first-order valence-corrected chi connectivity index (χ1v) is 6.88. The maximum Gasteiger partial charge on any atom is 0.124 e. The van der Waals surface area contributed by atoms with Crippen molar-refractivity contribution in [3.63, 3.8) is 0 Å². The van der Waals surface area contributed by atoms with Crippen LogP contribution in [0.3, 0.4) is 0 Å². The van der Waals surface area contributed by atoms with E-state index in [1.165, 1.54) is 6.07 Å². The van der Waals surface area contributed by atoms with Gasteiger partial charge in [-0.3, -0.25) is 5.10 Å². The Kier molecular flexibility index (Phi) is 5.20. The van der Waals surface area contributed by atoms with E-state index in [4.69, 9.17) is 4.74 Å². The molecule has 21 heavy (non-hydrogen) atoms. The van der Waals surface area contributed by atoms with E-state index in [9.17, 15) is 4.39 Å². The molecule has 0 fully saturated rings. The van der Waals surface area contributed by atoms with E-state index in [0.717, 1.165) is 35.4 Å². The molecular weight excluding hydrogens is 293 g/mol. The summed E-state index contributed by atoms with van der Waals surface area (Å²) in [5.41, 5.74) is 3.10. The fourth-order valence-corrected chi connectivity index (χ4v) is 2.55. The summed E-state index contributed by atoms with van der Waals surface area (Å²) in [6.07, 6.45) is 3.72. The van der Waals surface area contributed by atoms with Crippen LogP contribution in [0.2, 0.25) is 0 Å². The van der Waals surface area contributed by atoms with Crippen LogP contribution in [0.25, 0.3) is 0 Å². The van der Waals surface area contributed by atoms with Gasteiger partial charge in [-0.25, -0.2) is 4.39 Å². The quantitative estimate of drug-likeness (QED) is 0.914. The summed E-state index contributed by atoms with van der Waals surface area (Å²) < 4.78 is 19.1. The number of fused-ring (bicyclic) bond motifs is 1. The van der Waals surface area contributed by atoms with Gasteiger partial charge in [-0.15, -0.1) is 12.4 Å². The minimum absolute atomic E-state index is 0. The molecule has 0 saturated heterocycles. The molecule has 0 saturated carbocycles. The van der Waals surface area contributed by atoms with Crippen molar-refractivity contribution in [1.29, 1.82) is 0 Å². The molecule has 114 valence electrons. The predicted octanol–water partition coefficient (Wildman–Crippen LogP) is 3.28. The second-order valence-corrected chi connectivity index (χ2v) is 5.13. The zero-order chi connectivity index (χ0) is 13.9. The molecule has 2 N–H and O–H groups in total. The Morgan fingerprint density at radius 2 is 2.33 bits per heavy atom. The highest BCUT2D eigenvalue weighted by Crippen LogP contribution is 2.32. The number of aryl methyl sites for hydroxylation is 1. The van der Waals surface area contributed by atoms with Crippen molar-refractivity contribution in [3.05, 3.63) is 47.0 Å². The molecule has 6 heteroatoms. The number of halogens is 2. The highest BCUT2D eigenvalue weighted by Gasteiger charge is 2.20. The number of rotatable bonds is 3. The van der Waals surface area contributed by atoms with Gasteiger partial charge in [-0.1, -0.05) is 0 Å². The maximum absolute atomic E-state index is 13.5. The number of hydrogen-bond acceptors (Lipinski definition) is 3. The number of ether oxygens (including phenoxy) is 1. The lowest BCUT2D eigenvalue weighted by molar-refractivity contribution is 0.315. The largest absolute Gasteiger partial charge is 0.493 e. The van der Waals surface area contributed by atoms with Gasteiger partial charge in [0.2, 0.25) is 0 Å². The molecule has 3 rings (SSSR count). The third kappa shape index (κ3) is 3.54. The fraction of sp³-hybridized carbons (Fsp3) is 0.400. The molecule has 1 aliphatic heterocycles. The van der Waals surface area contributed by atoms with Gasteiger partial charge in [0.05, 0.1) is 12.8 Å². The van der Waals surface area contributed by atoms with Crippen molar-refractivity contribution in [3.8, 4) is 5.75 Å². The van der Waals surface area contributed by atoms with E-state index in [2.05, 4.69) is 15.5 Å². The lowest BCUT2D eigenvalue weighted by atomic mass is 10.0. The standard InChI is InChI=1S/C15H18FN3O.ClH/c1-10-11(9-18-19-10)8-17-14-3-2-6-20-15-5-4-12(16)7-13(14)15;/h4-5,7,9,14,17H,2-3,6,8H2,1H3,(H,18,19);1H. The first-order valence-electron chi connectivity index (χ1n) is 6.88. The van der Waals surface area contributed by atoms with Gasteiger partial charge < -0.3 is 10.1 Å². The highest BCUT2D eigenvalue weighted by atomic mass is 35.5. The molecule has 4 nitrogen and oxygen atoms in total. The molecule has 1 aromatic carbocycles. The molecule has 0 spiro atoms. The van der Waals surface area contributed by atoms with Crippen LogP contribution in [0.5, 0.6) is 5.75 Å². The maximum atomic E-state index is 13.5. The Labute approximate surface area is 129 Å². The summed E-state index contributed by atoms with van der Waals surface area (Å²) in [6.45, 7) is 3.39. The highest BCUT2D eigenvalue weighted by molar-refractivity contribution is 5.85. The Hall–Kier alpha value is -1.59. The van der Waals surface area contributed by atoms with Crippen LogP contribution in [-0.2, 0) is 6.54 Å². The van der Waals surface area contributed by atoms with Crippen molar-refractivity contribution in [2.75, 3.05) is 6.61 Å². The number of hydrogen-bond donors (Lipinski definition) is 2. The number of nitrogens with zero attached hydrogens (tertiary/aromatic N) is 1. The van der Waals surface area contributed by atoms with Gasteiger partial charge in [0, 0.05) is 29.4 Å². The zero-order valence-corrected chi connectivity index (χ0v) is 12.7. The Balaban J connectivity index is 0.00000161. The topological polar surface area (TPSA) is 49.9 Å². The molecule has 1 aromatic heterocycles. The smallest absolute Gasteiger partial charge is 0.124 e. The van der Waals surface area contributed by atoms with Crippen molar-refractivity contribution >= 4 is 12.4 Å². The lowest BCUT2D eigenvalue weighted by Gasteiger charge is -2.18. The molecule has 2 heterocycles. The van der Waals surface area contributed by atoms with E-state index < -0.39 is 0 Å². The SMILES string of the molecule is Cc1[nH]ncc1CNC1CCCOc2ccc(F)cc21.Cl. The van der Waals surface area contributed by atoms with Gasteiger partial charge in [0.15, 0.2) is 0 Å². The van der Waals surface area contributed by atoms with E-state index >= 15 is 0 Å². The van der Waals surface area contributed by atoms with Gasteiger partial charge in [0.25, 0.3) is 0 Å². The van der Waals surface area contributed by atoms with E-state index in [1.807, 2.05) is 13.1 Å². The van der Waals surface area contributed by atoms with Crippen LogP contribution < -0.4 is 10.1 Å². The molecular formula is C15H19ClFN3O. The summed E-state index contributed by atoms with van der Waals surface area (Å²) >= 11 is 0. The van der Waals surface area contributed by atoms with Gasteiger partial charge in [0.1, 0.15) is 11.6 Å². The third-order valence-corrected chi connectivity index (χ3v) is 3.72. The Bertz CT molecular complexity index is 602. The summed E-state index contributed by atoms with van der Waals surface area (Å²) in [5.74, 6) is 0.561. The number of benzene rings is 1. The van der Waals surface area contributed by atoms with Crippen LogP contribution in [0.4, 0.5) is 4.39 Å². The predicted molar refractivity (Wildman–Crippen MR) is 81.3 cm³/mol. The van der Waals surface area contributed by atoms with Crippen molar-refractivity contribution in [1.82, 2.24) is 15.5 Å². The molecule has 0 aliphatic carbocycles. The minimum Gasteiger partial charge on any atom is -0.493 e. The Morgan fingerprint density at radius 1 is 1.48 bits per heavy atom. The van der Waals surface area contributed by atoms with E-state index in [1.54, 1.807) is 12.1 Å². The van der Waals surface area contributed by atoms with Crippen LogP contribution in [0.15, 0.2) is 24.4 Å². The first kappa shape index (κ1) is 15.8. The first-order chi connectivity index (χ1) is 9.74. The van der Waals surface area contributed by atoms with Crippen LogP contribution >= 0.6 is 12.4 Å². The van der Waals surface area contributed by atoms with Gasteiger partial charge in [-0.05, 0) is 38.0 Å². The average Bonchev–Trinajstić information content (AvgIpc) is 2.74. The molecule has 0 amide bonds. The molecule has 1 atom stereocenters. The molecule has 1 unspecified atom stereocenters. The summed E-state index contributed by atoms with van der Waals surface area (Å²) in [6, 6.07) is 4.84. The summed E-state index contributed by atoms with van der Waals surface area (Å²) in [5, 5.41) is 10.4.